The SMILES string of the molecule is COc1ccc(OC)c(CNCCCCC#N)c1. The summed E-state index contributed by atoms with van der Waals surface area (Å²) in [5, 5.41) is 11.8. The standard InChI is InChI=1S/C14H20N2O2/c1-17-13-6-7-14(18-2)12(10-13)11-16-9-5-3-4-8-15/h6-7,10,16H,3-5,9,11H2,1-2H3. The van der Waals surface area contributed by atoms with Gasteiger partial charge in [0.05, 0.1) is 20.3 Å². The highest BCUT2D eigenvalue weighted by Gasteiger charge is 2.04. The third kappa shape index (κ3) is 4.64. The zero-order valence-electron chi connectivity index (χ0n) is 11.0. The molecule has 0 aliphatic rings. The van der Waals surface area contributed by atoms with Gasteiger partial charge in [0.25, 0.3) is 0 Å². The first-order valence-electron chi connectivity index (χ1n) is 6.10. The van der Waals surface area contributed by atoms with Crippen molar-refractivity contribution in [2.45, 2.75) is 25.8 Å². The van der Waals surface area contributed by atoms with Gasteiger partial charge in [0.15, 0.2) is 0 Å². The number of unbranched alkanes of at least 4 members (excludes halogenated alkanes) is 2. The number of hydrogen-bond donors (Lipinski definition) is 1. The van der Waals surface area contributed by atoms with Gasteiger partial charge in [0.1, 0.15) is 11.5 Å². The summed E-state index contributed by atoms with van der Waals surface area (Å²) in [7, 11) is 3.32. The van der Waals surface area contributed by atoms with Gasteiger partial charge in [-0.3, -0.25) is 0 Å². The molecule has 0 heterocycles. The molecule has 1 aromatic rings. The predicted octanol–water partition coefficient (Wildman–Crippen LogP) is 2.49. The van der Waals surface area contributed by atoms with Crippen LogP contribution in [0, 0.1) is 11.3 Å². The molecule has 0 saturated heterocycles. The summed E-state index contributed by atoms with van der Waals surface area (Å²) >= 11 is 0. The monoisotopic (exact) mass is 248 g/mol. The minimum atomic E-state index is 0.629. The van der Waals surface area contributed by atoms with Gasteiger partial charge in [-0.15, -0.1) is 0 Å². The van der Waals surface area contributed by atoms with Crippen LogP contribution in [0.2, 0.25) is 0 Å². The van der Waals surface area contributed by atoms with E-state index < -0.39 is 0 Å². The molecule has 0 amide bonds. The molecule has 1 N–H and O–H groups in total. The molecule has 0 spiro atoms. The van der Waals surface area contributed by atoms with Crippen LogP contribution in [0.25, 0.3) is 0 Å². The van der Waals surface area contributed by atoms with Crippen molar-refractivity contribution in [3.8, 4) is 17.6 Å². The van der Waals surface area contributed by atoms with Gasteiger partial charge in [-0.25, -0.2) is 0 Å². The maximum absolute atomic E-state index is 8.43. The average Bonchev–Trinajstić information content (AvgIpc) is 2.42. The summed E-state index contributed by atoms with van der Waals surface area (Å²) in [5.41, 5.74) is 1.08. The third-order valence-corrected chi connectivity index (χ3v) is 2.70. The van der Waals surface area contributed by atoms with Crippen molar-refractivity contribution in [1.29, 1.82) is 5.26 Å². The Morgan fingerprint density at radius 1 is 1.22 bits per heavy atom. The predicted molar refractivity (Wildman–Crippen MR) is 70.7 cm³/mol. The fourth-order valence-electron chi connectivity index (χ4n) is 1.70. The number of nitrogens with one attached hydrogen (secondary N) is 1. The van der Waals surface area contributed by atoms with Gasteiger partial charge in [0, 0.05) is 18.5 Å². The molecule has 4 nitrogen and oxygen atoms in total. The lowest BCUT2D eigenvalue weighted by Gasteiger charge is -2.11. The normalized spacial score (nSPS) is 9.83. The van der Waals surface area contributed by atoms with Crippen molar-refractivity contribution < 1.29 is 9.47 Å². The first-order chi connectivity index (χ1) is 8.81. The van der Waals surface area contributed by atoms with E-state index in [9.17, 15) is 0 Å². The summed E-state index contributed by atoms with van der Waals surface area (Å²) in [6, 6.07) is 7.91. The largest absolute Gasteiger partial charge is 0.497 e. The lowest BCUT2D eigenvalue weighted by atomic mass is 10.2. The van der Waals surface area contributed by atoms with Gasteiger partial charge in [-0.2, -0.15) is 5.26 Å². The van der Waals surface area contributed by atoms with Crippen LogP contribution in [0.1, 0.15) is 24.8 Å². The molecule has 0 bridgehead atoms. The lowest BCUT2D eigenvalue weighted by Crippen LogP contribution is -2.15. The molecule has 0 fully saturated rings. The first kappa shape index (κ1) is 14.3. The van der Waals surface area contributed by atoms with E-state index in [-0.39, 0.29) is 0 Å². The molecular weight excluding hydrogens is 228 g/mol. The molecule has 0 radical (unpaired) electrons. The van der Waals surface area contributed by atoms with Crippen LogP contribution in [0.3, 0.4) is 0 Å². The molecule has 98 valence electrons. The highest BCUT2D eigenvalue weighted by atomic mass is 16.5. The number of ether oxygens (including phenoxy) is 2. The molecular formula is C14H20N2O2. The van der Waals surface area contributed by atoms with Crippen LogP contribution in [0.15, 0.2) is 18.2 Å². The van der Waals surface area contributed by atoms with Crippen molar-refractivity contribution in [1.82, 2.24) is 5.32 Å². The maximum Gasteiger partial charge on any atom is 0.123 e. The van der Waals surface area contributed by atoms with Gasteiger partial charge >= 0.3 is 0 Å². The van der Waals surface area contributed by atoms with Gasteiger partial charge < -0.3 is 14.8 Å². The Morgan fingerprint density at radius 2 is 2.06 bits per heavy atom. The fourth-order valence-corrected chi connectivity index (χ4v) is 1.70. The maximum atomic E-state index is 8.43. The van der Waals surface area contributed by atoms with E-state index in [1.165, 1.54) is 0 Å². The van der Waals surface area contributed by atoms with Crippen molar-refractivity contribution in [3.63, 3.8) is 0 Å². The third-order valence-electron chi connectivity index (χ3n) is 2.70. The molecule has 0 saturated carbocycles. The number of nitrogens with zero attached hydrogens (tertiary/aromatic N) is 1. The van der Waals surface area contributed by atoms with E-state index in [0.717, 1.165) is 43.0 Å². The Bertz CT molecular complexity index is 399. The summed E-state index contributed by atoms with van der Waals surface area (Å²) in [6.45, 7) is 1.65. The Morgan fingerprint density at radius 3 is 2.72 bits per heavy atom. The number of hydrogen-bond acceptors (Lipinski definition) is 4. The van der Waals surface area contributed by atoms with Gasteiger partial charge in [-0.05, 0) is 37.6 Å². The first-order valence-corrected chi connectivity index (χ1v) is 6.10. The van der Waals surface area contributed by atoms with Crippen molar-refractivity contribution >= 4 is 0 Å². The zero-order chi connectivity index (χ0) is 13.2. The number of rotatable bonds is 8. The van der Waals surface area contributed by atoms with E-state index in [0.29, 0.717) is 6.42 Å². The molecule has 0 unspecified atom stereocenters. The van der Waals surface area contributed by atoms with Crippen molar-refractivity contribution in [2.75, 3.05) is 20.8 Å². The number of nitriles is 1. The Balaban J connectivity index is 2.42. The fraction of sp³-hybridized carbons (Fsp3) is 0.500. The van der Waals surface area contributed by atoms with Crippen molar-refractivity contribution in [3.05, 3.63) is 23.8 Å². The van der Waals surface area contributed by atoms with Crippen LogP contribution in [-0.4, -0.2) is 20.8 Å². The van der Waals surface area contributed by atoms with E-state index in [2.05, 4.69) is 11.4 Å². The molecule has 0 aliphatic heterocycles. The van der Waals surface area contributed by atoms with Crippen LogP contribution >= 0.6 is 0 Å². The molecule has 4 heteroatoms. The summed E-state index contributed by atoms with van der Waals surface area (Å²) in [6.07, 6.45) is 2.59. The minimum absolute atomic E-state index is 0.629. The molecule has 1 aromatic carbocycles. The van der Waals surface area contributed by atoms with E-state index in [4.69, 9.17) is 14.7 Å². The quantitative estimate of drug-likeness (QED) is 0.718. The number of benzene rings is 1. The lowest BCUT2D eigenvalue weighted by molar-refractivity contribution is 0.397. The second-order valence-corrected chi connectivity index (χ2v) is 3.97. The van der Waals surface area contributed by atoms with E-state index >= 15 is 0 Å². The Labute approximate surface area is 109 Å². The zero-order valence-corrected chi connectivity index (χ0v) is 11.0. The Hall–Kier alpha value is -1.73. The van der Waals surface area contributed by atoms with Crippen LogP contribution in [0.4, 0.5) is 0 Å². The topological polar surface area (TPSA) is 54.3 Å². The van der Waals surface area contributed by atoms with Crippen molar-refractivity contribution in [2.24, 2.45) is 0 Å². The summed E-state index contributed by atoms with van der Waals surface area (Å²) < 4.78 is 10.5. The smallest absolute Gasteiger partial charge is 0.123 e. The van der Waals surface area contributed by atoms with Crippen LogP contribution < -0.4 is 14.8 Å². The molecule has 0 atom stereocenters. The second kappa shape index (κ2) is 8.37. The minimum Gasteiger partial charge on any atom is -0.497 e. The Kier molecular flexibility index (Phi) is 6.67. The summed E-state index contributed by atoms with van der Waals surface area (Å²) in [4.78, 5) is 0. The molecule has 0 aliphatic carbocycles. The van der Waals surface area contributed by atoms with E-state index in [1.54, 1.807) is 14.2 Å². The highest BCUT2D eigenvalue weighted by Crippen LogP contribution is 2.23. The average molecular weight is 248 g/mol. The van der Waals surface area contributed by atoms with Crippen LogP contribution in [0.5, 0.6) is 11.5 Å². The summed E-state index contributed by atoms with van der Waals surface area (Å²) in [5.74, 6) is 1.69. The second-order valence-electron chi connectivity index (χ2n) is 3.97. The number of methoxy groups -OCH3 is 2. The highest BCUT2D eigenvalue weighted by molar-refractivity contribution is 5.40. The molecule has 18 heavy (non-hydrogen) atoms. The van der Waals surface area contributed by atoms with Gasteiger partial charge in [0.2, 0.25) is 0 Å². The van der Waals surface area contributed by atoms with Crippen LogP contribution in [-0.2, 0) is 6.54 Å². The molecule has 0 aromatic heterocycles. The van der Waals surface area contributed by atoms with E-state index in [1.807, 2.05) is 18.2 Å². The van der Waals surface area contributed by atoms with Gasteiger partial charge in [-0.1, -0.05) is 0 Å². The molecule has 1 rings (SSSR count).